The van der Waals surface area contributed by atoms with Crippen LogP contribution in [0.25, 0.3) is 0 Å². The third-order valence-electron chi connectivity index (χ3n) is 3.96. The maximum atomic E-state index is 11.9. The number of unbranched alkanes of at least 4 members (excludes halogenated alkanes) is 3. The van der Waals surface area contributed by atoms with Crippen LogP contribution in [0, 0.1) is 0 Å². The van der Waals surface area contributed by atoms with Crippen molar-refractivity contribution < 1.29 is 19.1 Å². The summed E-state index contributed by atoms with van der Waals surface area (Å²) in [7, 11) is 0. The Bertz CT molecular complexity index is 352. The van der Waals surface area contributed by atoms with Gasteiger partial charge < -0.3 is 25.8 Å². The lowest BCUT2D eigenvalue weighted by atomic mass is 10.3. The van der Waals surface area contributed by atoms with Crippen molar-refractivity contribution in [3.05, 3.63) is 0 Å². The number of nitrogens with one attached hydrogen (secondary N) is 2. The van der Waals surface area contributed by atoms with Gasteiger partial charge in [0.25, 0.3) is 0 Å². The van der Waals surface area contributed by atoms with E-state index in [9.17, 15) is 9.59 Å². The zero-order valence-electron chi connectivity index (χ0n) is 16.9. The molecule has 2 atom stereocenters. The zero-order chi connectivity index (χ0) is 19.8. The summed E-state index contributed by atoms with van der Waals surface area (Å²) in [6, 6.07) is 0. The molecule has 0 aliphatic heterocycles. The molecule has 0 saturated carbocycles. The molecule has 154 valence electrons. The van der Waals surface area contributed by atoms with Gasteiger partial charge in [-0.3, -0.25) is 0 Å². The molecule has 0 saturated heterocycles. The van der Waals surface area contributed by atoms with Gasteiger partial charge in [-0.15, -0.1) is 0 Å². The molecule has 0 bridgehead atoms. The van der Waals surface area contributed by atoms with E-state index in [1.54, 1.807) is 13.8 Å². The molecule has 0 heterocycles. The first-order chi connectivity index (χ1) is 12.5. The molecule has 8 heteroatoms. The molecule has 8 nitrogen and oxygen atoms in total. The van der Waals surface area contributed by atoms with Crippen LogP contribution < -0.4 is 16.4 Å². The molecule has 2 unspecified atom stereocenters. The molecule has 0 radical (unpaired) electrons. The SMILES string of the molecule is CCCCNC(=O)OC(C)N(CCCCN)C(C)OC(=O)NCCCC. The number of nitrogens with two attached hydrogens (primary N) is 1. The lowest BCUT2D eigenvalue weighted by Gasteiger charge is -2.33. The topological polar surface area (TPSA) is 106 Å². The summed E-state index contributed by atoms with van der Waals surface area (Å²) in [4.78, 5) is 25.6. The van der Waals surface area contributed by atoms with Crippen LogP contribution in [0.3, 0.4) is 0 Å². The average Bonchev–Trinajstić information content (AvgIpc) is 2.58. The van der Waals surface area contributed by atoms with Crippen LogP contribution in [0.2, 0.25) is 0 Å². The molecule has 0 aliphatic carbocycles. The van der Waals surface area contributed by atoms with Crippen LogP contribution in [0.1, 0.15) is 66.2 Å². The van der Waals surface area contributed by atoms with Crippen molar-refractivity contribution in [1.29, 1.82) is 0 Å². The molecule has 0 spiro atoms. The van der Waals surface area contributed by atoms with E-state index in [4.69, 9.17) is 15.2 Å². The monoisotopic (exact) mass is 374 g/mol. The number of hydrogen-bond donors (Lipinski definition) is 3. The fourth-order valence-corrected chi connectivity index (χ4v) is 2.36. The Balaban J connectivity index is 4.59. The van der Waals surface area contributed by atoms with Crippen LogP contribution in [0.4, 0.5) is 9.59 Å². The Kier molecular flexibility index (Phi) is 14.8. The maximum absolute atomic E-state index is 11.9. The summed E-state index contributed by atoms with van der Waals surface area (Å²) in [5.41, 5.74) is 5.56. The number of alkyl carbamates (subject to hydrolysis) is 2. The molecule has 0 fully saturated rings. The molecule has 0 rings (SSSR count). The Morgan fingerprint density at radius 2 is 1.35 bits per heavy atom. The second-order valence-electron chi connectivity index (χ2n) is 6.30. The summed E-state index contributed by atoms with van der Waals surface area (Å²) in [6.45, 7) is 10.0. The predicted molar refractivity (Wildman–Crippen MR) is 103 cm³/mol. The first kappa shape index (κ1) is 24.5. The second kappa shape index (κ2) is 15.7. The summed E-state index contributed by atoms with van der Waals surface area (Å²) in [6.07, 6.45) is 3.51. The van der Waals surface area contributed by atoms with Crippen molar-refractivity contribution >= 4 is 12.2 Å². The van der Waals surface area contributed by atoms with Gasteiger partial charge in [0, 0.05) is 19.6 Å². The van der Waals surface area contributed by atoms with Gasteiger partial charge in [-0.2, -0.15) is 0 Å². The van der Waals surface area contributed by atoms with Crippen molar-refractivity contribution in [3.8, 4) is 0 Å². The van der Waals surface area contributed by atoms with Gasteiger partial charge in [-0.25, -0.2) is 14.5 Å². The van der Waals surface area contributed by atoms with Crippen LogP contribution >= 0.6 is 0 Å². The van der Waals surface area contributed by atoms with E-state index in [2.05, 4.69) is 24.5 Å². The smallest absolute Gasteiger partial charge is 0.408 e. The molecule has 26 heavy (non-hydrogen) atoms. The van der Waals surface area contributed by atoms with Gasteiger partial charge in [0.2, 0.25) is 0 Å². The number of amides is 2. The van der Waals surface area contributed by atoms with Crippen molar-refractivity contribution in [3.63, 3.8) is 0 Å². The molecule has 0 aromatic heterocycles. The standard InChI is InChI=1S/C18H38N4O4/c1-5-7-12-20-17(23)25-15(3)22(14-10-9-11-19)16(4)26-18(24)21-13-8-6-2/h15-16H,5-14,19H2,1-4H3,(H,20,23)(H,21,24). The highest BCUT2D eigenvalue weighted by atomic mass is 16.6. The second-order valence-corrected chi connectivity index (χ2v) is 6.30. The van der Waals surface area contributed by atoms with Gasteiger partial charge in [0.15, 0.2) is 12.5 Å². The molecule has 0 aliphatic rings. The van der Waals surface area contributed by atoms with E-state index in [0.717, 1.165) is 38.5 Å². The quantitative estimate of drug-likeness (QED) is 0.319. The molecular weight excluding hydrogens is 336 g/mol. The van der Waals surface area contributed by atoms with Gasteiger partial charge >= 0.3 is 12.2 Å². The third kappa shape index (κ3) is 11.9. The largest absolute Gasteiger partial charge is 0.430 e. The number of ether oxygens (including phenoxy) is 2. The normalized spacial score (nSPS) is 13.2. The Morgan fingerprint density at radius 1 is 0.885 bits per heavy atom. The highest BCUT2D eigenvalue weighted by Crippen LogP contribution is 2.11. The van der Waals surface area contributed by atoms with E-state index in [0.29, 0.717) is 26.2 Å². The number of nitrogens with zero attached hydrogens (tertiary/aromatic N) is 1. The Labute approximate surface area is 158 Å². The molecule has 0 aromatic carbocycles. The van der Waals surface area contributed by atoms with Crippen molar-refractivity contribution in [2.45, 2.75) is 78.7 Å². The highest BCUT2D eigenvalue weighted by molar-refractivity contribution is 5.67. The predicted octanol–water partition coefficient (Wildman–Crippen LogP) is 2.77. The lowest BCUT2D eigenvalue weighted by Crippen LogP contribution is -2.47. The fraction of sp³-hybridized carbons (Fsp3) is 0.889. The van der Waals surface area contributed by atoms with E-state index in [1.165, 1.54) is 0 Å². The summed E-state index contributed by atoms with van der Waals surface area (Å²) in [5, 5.41) is 5.45. The van der Waals surface area contributed by atoms with E-state index < -0.39 is 24.6 Å². The summed E-state index contributed by atoms with van der Waals surface area (Å²) >= 11 is 0. The van der Waals surface area contributed by atoms with Crippen molar-refractivity contribution in [2.75, 3.05) is 26.2 Å². The van der Waals surface area contributed by atoms with Crippen LogP contribution in [0.15, 0.2) is 0 Å². The van der Waals surface area contributed by atoms with Crippen LogP contribution in [0.5, 0.6) is 0 Å². The minimum Gasteiger partial charge on any atom is -0.430 e. The summed E-state index contributed by atoms with van der Waals surface area (Å²) < 4.78 is 10.8. The van der Waals surface area contributed by atoms with E-state index >= 15 is 0 Å². The molecular formula is C18H38N4O4. The first-order valence-electron chi connectivity index (χ1n) is 9.80. The van der Waals surface area contributed by atoms with E-state index in [-0.39, 0.29) is 0 Å². The maximum Gasteiger partial charge on any atom is 0.408 e. The number of carbonyl (C=O) groups is 2. The van der Waals surface area contributed by atoms with Crippen molar-refractivity contribution in [1.82, 2.24) is 15.5 Å². The molecule has 4 N–H and O–H groups in total. The van der Waals surface area contributed by atoms with Crippen LogP contribution in [-0.2, 0) is 9.47 Å². The van der Waals surface area contributed by atoms with Gasteiger partial charge in [0.05, 0.1) is 0 Å². The van der Waals surface area contributed by atoms with Crippen LogP contribution in [-0.4, -0.2) is 55.7 Å². The first-order valence-corrected chi connectivity index (χ1v) is 9.80. The lowest BCUT2D eigenvalue weighted by molar-refractivity contribution is -0.0920. The minimum atomic E-state index is -0.521. The third-order valence-corrected chi connectivity index (χ3v) is 3.96. The fourth-order valence-electron chi connectivity index (χ4n) is 2.36. The number of rotatable bonds is 14. The number of hydrogen-bond acceptors (Lipinski definition) is 6. The van der Waals surface area contributed by atoms with Gasteiger partial charge in [0.1, 0.15) is 0 Å². The number of carbonyl (C=O) groups excluding carboxylic acids is 2. The summed E-state index contributed by atoms with van der Waals surface area (Å²) in [5.74, 6) is 0. The minimum absolute atomic E-state index is 0.464. The van der Waals surface area contributed by atoms with Gasteiger partial charge in [-0.1, -0.05) is 26.7 Å². The molecule has 2 amide bonds. The average molecular weight is 375 g/mol. The Hall–Kier alpha value is -1.54. The van der Waals surface area contributed by atoms with E-state index in [1.807, 2.05) is 4.90 Å². The molecule has 0 aromatic rings. The Morgan fingerprint density at radius 3 is 1.73 bits per heavy atom. The highest BCUT2D eigenvalue weighted by Gasteiger charge is 2.25. The zero-order valence-corrected chi connectivity index (χ0v) is 16.9. The van der Waals surface area contributed by atoms with Crippen molar-refractivity contribution in [2.24, 2.45) is 5.73 Å². The van der Waals surface area contributed by atoms with Gasteiger partial charge in [-0.05, 0) is 46.1 Å².